The molecule has 0 spiro atoms. The first kappa shape index (κ1) is 26.2. The Morgan fingerprint density at radius 1 is 1.12 bits per heavy atom. The van der Waals surface area contributed by atoms with Crippen LogP contribution in [0.15, 0.2) is 28.4 Å². The minimum Gasteiger partial charge on any atom is -0.493 e. The number of aliphatic hydroxyl groups is 1. The minimum absolute atomic E-state index is 0.0623. The van der Waals surface area contributed by atoms with Gasteiger partial charge < -0.3 is 24.3 Å². The van der Waals surface area contributed by atoms with Gasteiger partial charge in [-0.25, -0.2) is 4.98 Å². The minimum atomic E-state index is -0.616. The van der Waals surface area contributed by atoms with Crippen molar-refractivity contribution < 1.29 is 19.3 Å². The van der Waals surface area contributed by atoms with E-state index in [0.717, 1.165) is 17.7 Å². The predicted molar refractivity (Wildman–Crippen MR) is 136 cm³/mol. The van der Waals surface area contributed by atoms with E-state index in [-0.39, 0.29) is 18.3 Å². The molecule has 3 rings (SSSR count). The Morgan fingerprint density at radius 3 is 2.50 bits per heavy atom. The normalized spacial score (nSPS) is 12.8. The number of ether oxygens (including phenoxy) is 3. The van der Waals surface area contributed by atoms with Crippen LogP contribution in [0, 0.1) is 5.92 Å². The van der Waals surface area contributed by atoms with E-state index in [0.29, 0.717) is 46.5 Å². The number of hydrogen-bond acceptors (Lipinski definition) is 8. The highest BCUT2D eigenvalue weighted by atomic mass is 32.1. The summed E-state index contributed by atoms with van der Waals surface area (Å²) in [6, 6.07) is 5.59. The third kappa shape index (κ3) is 6.56. The van der Waals surface area contributed by atoms with Crippen molar-refractivity contribution in [3.05, 3.63) is 39.8 Å². The first-order chi connectivity index (χ1) is 16.2. The molecule has 34 heavy (non-hydrogen) atoms. The second-order valence-electron chi connectivity index (χ2n) is 9.04. The number of nitrogens with zero attached hydrogens (tertiary/aromatic N) is 2. The van der Waals surface area contributed by atoms with E-state index in [9.17, 15) is 9.90 Å². The van der Waals surface area contributed by atoms with Crippen molar-refractivity contribution in [2.24, 2.45) is 5.92 Å². The zero-order chi connectivity index (χ0) is 24.8. The zero-order valence-electron chi connectivity index (χ0n) is 20.8. The Hall–Kier alpha value is -2.46. The number of aromatic amines is 1. The maximum atomic E-state index is 13.1. The zero-order valence-corrected chi connectivity index (χ0v) is 21.6. The lowest BCUT2D eigenvalue weighted by Gasteiger charge is -2.26. The highest BCUT2D eigenvalue weighted by molar-refractivity contribution is 7.17. The molecule has 0 aliphatic rings. The number of aromatic nitrogens is 2. The summed E-state index contributed by atoms with van der Waals surface area (Å²) < 4.78 is 16.3. The summed E-state index contributed by atoms with van der Waals surface area (Å²) in [6.45, 7) is 10.0. The molecule has 0 saturated carbocycles. The summed E-state index contributed by atoms with van der Waals surface area (Å²) in [4.78, 5) is 23.6. The molecule has 186 valence electrons. The maximum Gasteiger partial charge on any atom is 0.260 e. The van der Waals surface area contributed by atoms with Gasteiger partial charge in [0, 0.05) is 24.0 Å². The van der Waals surface area contributed by atoms with Crippen LogP contribution >= 0.6 is 11.3 Å². The Morgan fingerprint density at radius 2 is 1.85 bits per heavy atom. The standard InChI is InChI=1S/C25H35N3O5S/c1-15(2)10-28(11-18(29)13-33-16(3)4)12-22-26-24(30)23-19(14-34-25(23)27-22)17-7-8-20(31-5)21(9-17)32-6/h7-9,14-16,18,29H,10-13H2,1-6H3,(H,26,27,30)/t18-/m1/s1. The van der Waals surface area contributed by atoms with Crippen LogP contribution in [0.5, 0.6) is 11.5 Å². The number of rotatable bonds is 12. The second-order valence-corrected chi connectivity index (χ2v) is 9.89. The summed E-state index contributed by atoms with van der Waals surface area (Å²) in [5.74, 6) is 2.21. The molecule has 2 N–H and O–H groups in total. The summed E-state index contributed by atoms with van der Waals surface area (Å²) in [6.07, 6.45) is -0.553. The fourth-order valence-electron chi connectivity index (χ4n) is 3.87. The highest BCUT2D eigenvalue weighted by Crippen LogP contribution is 2.36. The van der Waals surface area contributed by atoms with E-state index in [4.69, 9.17) is 19.2 Å². The molecule has 0 fully saturated rings. The van der Waals surface area contributed by atoms with E-state index >= 15 is 0 Å². The number of hydrogen-bond donors (Lipinski definition) is 2. The lowest BCUT2D eigenvalue weighted by atomic mass is 10.1. The predicted octanol–water partition coefficient (Wildman–Crippen LogP) is 3.91. The van der Waals surface area contributed by atoms with Gasteiger partial charge in [0.15, 0.2) is 11.5 Å². The summed E-state index contributed by atoms with van der Waals surface area (Å²) in [5, 5.41) is 12.9. The molecule has 3 aromatic rings. The van der Waals surface area contributed by atoms with Crippen LogP contribution < -0.4 is 15.0 Å². The van der Waals surface area contributed by atoms with Crippen LogP contribution in [-0.2, 0) is 11.3 Å². The Kier molecular flexibility index (Phi) is 9.07. The molecule has 0 amide bonds. The SMILES string of the molecule is COc1ccc(-c2csc3nc(CN(CC(C)C)C[C@@H](O)COC(C)C)[nH]c(=O)c23)cc1OC. The van der Waals surface area contributed by atoms with Crippen molar-refractivity contribution in [2.75, 3.05) is 33.9 Å². The van der Waals surface area contributed by atoms with Crippen molar-refractivity contribution in [1.29, 1.82) is 0 Å². The topological polar surface area (TPSA) is 96.9 Å². The van der Waals surface area contributed by atoms with Crippen LogP contribution in [0.1, 0.15) is 33.5 Å². The average Bonchev–Trinajstić information content (AvgIpc) is 3.21. The molecule has 8 nitrogen and oxygen atoms in total. The van der Waals surface area contributed by atoms with E-state index in [1.165, 1.54) is 11.3 Å². The second kappa shape index (κ2) is 11.8. The van der Waals surface area contributed by atoms with Crippen molar-refractivity contribution >= 4 is 21.6 Å². The number of aliphatic hydroxyl groups excluding tert-OH is 1. The molecule has 1 atom stereocenters. The van der Waals surface area contributed by atoms with Gasteiger partial charge in [0.05, 0.1) is 45.0 Å². The van der Waals surface area contributed by atoms with Gasteiger partial charge in [0.25, 0.3) is 5.56 Å². The van der Waals surface area contributed by atoms with E-state index in [1.807, 2.05) is 37.4 Å². The Balaban J connectivity index is 1.86. The first-order valence-electron chi connectivity index (χ1n) is 11.5. The molecule has 2 aromatic heterocycles. The molecule has 0 radical (unpaired) electrons. The van der Waals surface area contributed by atoms with Crippen LogP contribution in [0.3, 0.4) is 0 Å². The van der Waals surface area contributed by atoms with Gasteiger partial charge in [0.2, 0.25) is 0 Å². The Labute approximate surface area is 204 Å². The van der Waals surface area contributed by atoms with Crippen molar-refractivity contribution in [3.63, 3.8) is 0 Å². The molecule has 0 aliphatic carbocycles. The average molecular weight is 490 g/mol. The summed E-state index contributed by atoms with van der Waals surface area (Å²) >= 11 is 1.44. The van der Waals surface area contributed by atoms with Crippen LogP contribution in [0.25, 0.3) is 21.3 Å². The number of methoxy groups -OCH3 is 2. The molecule has 1 aromatic carbocycles. The van der Waals surface area contributed by atoms with Gasteiger partial charge in [-0.1, -0.05) is 19.9 Å². The van der Waals surface area contributed by atoms with Crippen LogP contribution in [0.2, 0.25) is 0 Å². The lowest BCUT2D eigenvalue weighted by molar-refractivity contribution is -0.0111. The van der Waals surface area contributed by atoms with Gasteiger partial charge in [-0.05, 0) is 37.5 Å². The van der Waals surface area contributed by atoms with Crippen LogP contribution in [-0.4, -0.2) is 66.1 Å². The number of fused-ring (bicyclic) bond motifs is 1. The molecule has 2 heterocycles. The van der Waals surface area contributed by atoms with Gasteiger partial charge >= 0.3 is 0 Å². The van der Waals surface area contributed by atoms with Gasteiger partial charge in [-0.15, -0.1) is 11.3 Å². The summed E-state index contributed by atoms with van der Waals surface area (Å²) in [7, 11) is 3.18. The van der Waals surface area contributed by atoms with Gasteiger partial charge in [-0.2, -0.15) is 0 Å². The molecular weight excluding hydrogens is 454 g/mol. The van der Waals surface area contributed by atoms with E-state index in [1.54, 1.807) is 14.2 Å². The Bertz CT molecular complexity index is 1140. The van der Waals surface area contributed by atoms with E-state index < -0.39 is 6.10 Å². The monoisotopic (exact) mass is 489 g/mol. The first-order valence-corrected chi connectivity index (χ1v) is 12.3. The molecular formula is C25H35N3O5S. The largest absolute Gasteiger partial charge is 0.493 e. The third-order valence-electron chi connectivity index (χ3n) is 5.28. The van der Waals surface area contributed by atoms with Gasteiger partial charge in [-0.3, -0.25) is 9.69 Å². The van der Waals surface area contributed by atoms with Crippen molar-refractivity contribution in [2.45, 2.75) is 46.4 Å². The van der Waals surface area contributed by atoms with Gasteiger partial charge in [0.1, 0.15) is 10.7 Å². The lowest BCUT2D eigenvalue weighted by Crippen LogP contribution is -2.38. The molecule has 0 saturated heterocycles. The number of nitrogens with one attached hydrogen (secondary N) is 1. The number of benzene rings is 1. The van der Waals surface area contributed by atoms with Crippen LogP contribution in [0.4, 0.5) is 0 Å². The molecule has 0 aliphatic heterocycles. The highest BCUT2D eigenvalue weighted by Gasteiger charge is 2.18. The van der Waals surface area contributed by atoms with Crippen molar-refractivity contribution in [1.82, 2.24) is 14.9 Å². The van der Waals surface area contributed by atoms with Crippen molar-refractivity contribution in [3.8, 4) is 22.6 Å². The number of H-pyrrole nitrogens is 1. The smallest absolute Gasteiger partial charge is 0.260 e. The molecule has 0 bridgehead atoms. The summed E-state index contributed by atoms with van der Waals surface area (Å²) in [5.41, 5.74) is 1.49. The van der Waals surface area contributed by atoms with E-state index in [2.05, 4.69) is 23.7 Å². The third-order valence-corrected chi connectivity index (χ3v) is 6.15. The fourth-order valence-corrected chi connectivity index (χ4v) is 4.84. The molecule has 9 heteroatoms. The fraction of sp³-hybridized carbons (Fsp3) is 0.520. The maximum absolute atomic E-state index is 13.1. The quantitative estimate of drug-likeness (QED) is 0.398. The number of thiophene rings is 1. The molecule has 0 unspecified atom stereocenters.